The van der Waals surface area contributed by atoms with Crippen LogP contribution < -0.4 is 15.0 Å². The van der Waals surface area contributed by atoms with Gasteiger partial charge in [0.15, 0.2) is 6.61 Å². The highest BCUT2D eigenvalue weighted by Crippen LogP contribution is 2.33. The number of nitrogens with one attached hydrogen (secondary N) is 1. The van der Waals surface area contributed by atoms with Gasteiger partial charge in [0, 0.05) is 18.7 Å². The number of nitrogens with zero attached hydrogens (tertiary/aromatic N) is 1. The Morgan fingerprint density at radius 2 is 1.89 bits per heavy atom. The van der Waals surface area contributed by atoms with Gasteiger partial charge < -0.3 is 15.0 Å². The number of anilines is 2. The molecule has 2 amide bonds. The van der Waals surface area contributed by atoms with E-state index in [4.69, 9.17) is 4.74 Å². The highest BCUT2D eigenvalue weighted by Gasteiger charge is 2.30. The second kappa shape index (κ2) is 7.30. The predicted molar refractivity (Wildman–Crippen MR) is 93.7 cm³/mol. The van der Waals surface area contributed by atoms with Crippen LogP contribution in [0.15, 0.2) is 42.5 Å². The van der Waals surface area contributed by atoms with Crippen LogP contribution in [-0.4, -0.2) is 25.0 Å². The summed E-state index contributed by atoms with van der Waals surface area (Å²) in [6.07, 6.45) is -4.43. The Hall–Kier alpha value is -3.03. The predicted octanol–water partition coefficient (Wildman–Crippen LogP) is 3.77. The van der Waals surface area contributed by atoms with E-state index in [2.05, 4.69) is 5.32 Å². The third-order valence-electron chi connectivity index (χ3n) is 4.12. The van der Waals surface area contributed by atoms with Crippen LogP contribution in [0.1, 0.15) is 17.5 Å². The van der Waals surface area contributed by atoms with Gasteiger partial charge in [-0.1, -0.05) is 6.07 Å². The van der Waals surface area contributed by atoms with Crippen molar-refractivity contribution in [3.05, 3.63) is 53.6 Å². The Morgan fingerprint density at radius 3 is 2.56 bits per heavy atom. The maximum Gasteiger partial charge on any atom is 0.416 e. The molecule has 0 spiro atoms. The van der Waals surface area contributed by atoms with Crippen molar-refractivity contribution in [2.75, 3.05) is 23.4 Å². The summed E-state index contributed by atoms with van der Waals surface area (Å²) in [5, 5.41) is 2.53. The number of hydrogen-bond donors (Lipinski definition) is 1. The molecular weight excluding hydrogens is 361 g/mol. The lowest BCUT2D eigenvalue weighted by Crippen LogP contribution is -2.40. The van der Waals surface area contributed by atoms with Crippen molar-refractivity contribution in [1.82, 2.24) is 0 Å². The smallest absolute Gasteiger partial charge is 0.416 e. The Balaban J connectivity index is 1.63. The number of fused-ring (bicyclic) bond motifs is 1. The first kappa shape index (κ1) is 18.8. The van der Waals surface area contributed by atoms with Gasteiger partial charge in [-0.05, 0) is 48.9 Å². The largest absolute Gasteiger partial charge is 0.482 e. The normalized spacial score (nSPS) is 13.8. The van der Waals surface area contributed by atoms with Crippen molar-refractivity contribution in [2.24, 2.45) is 0 Å². The van der Waals surface area contributed by atoms with Crippen molar-refractivity contribution < 1.29 is 27.5 Å². The molecule has 0 aliphatic carbocycles. The van der Waals surface area contributed by atoms with E-state index >= 15 is 0 Å². The first-order valence-electron chi connectivity index (χ1n) is 8.25. The quantitative estimate of drug-likeness (QED) is 0.881. The molecule has 0 saturated heterocycles. The summed E-state index contributed by atoms with van der Waals surface area (Å²) >= 11 is 0. The van der Waals surface area contributed by atoms with E-state index in [1.165, 1.54) is 17.0 Å². The number of benzene rings is 2. The molecule has 3 rings (SSSR count). The van der Waals surface area contributed by atoms with Gasteiger partial charge in [0.25, 0.3) is 5.91 Å². The zero-order valence-corrected chi connectivity index (χ0v) is 14.5. The van der Waals surface area contributed by atoms with Crippen molar-refractivity contribution in [3.63, 3.8) is 0 Å². The second-order valence-corrected chi connectivity index (χ2v) is 6.18. The van der Waals surface area contributed by atoms with Crippen LogP contribution in [0, 0.1) is 6.92 Å². The molecule has 0 radical (unpaired) electrons. The fourth-order valence-electron chi connectivity index (χ4n) is 2.74. The van der Waals surface area contributed by atoms with Crippen molar-refractivity contribution in [1.29, 1.82) is 0 Å². The molecule has 27 heavy (non-hydrogen) atoms. The summed E-state index contributed by atoms with van der Waals surface area (Å²) in [6, 6.07) is 9.63. The molecule has 0 bridgehead atoms. The third kappa shape index (κ3) is 4.39. The first-order valence-corrected chi connectivity index (χ1v) is 8.25. The molecular formula is C19H17F3N2O3. The van der Waals surface area contributed by atoms with E-state index < -0.39 is 17.6 Å². The highest BCUT2D eigenvalue weighted by atomic mass is 19.4. The molecule has 0 aromatic heterocycles. The average Bonchev–Trinajstić information content (AvgIpc) is 2.60. The zero-order valence-electron chi connectivity index (χ0n) is 14.5. The van der Waals surface area contributed by atoms with Gasteiger partial charge in [0.05, 0.1) is 11.3 Å². The molecule has 2 aromatic rings. The Kier molecular flexibility index (Phi) is 5.07. The van der Waals surface area contributed by atoms with Crippen molar-refractivity contribution in [2.45, 2.75) is 19.5 Å². The first-order chi connectivity index (χ1) is 12.7. The summed E-state index contributed by atoms with van der Waals surface area (Å²) in [7, 11) is 0. The second-order valence-electron chi connectivity index (χ2n) is 6.18. The third-order valence-corrected chi connectivity index (χ3v) is 4.12. The van der Waals surface area contributed by atoms with E-state index in [0.717, 1.165) is 17.7 Å². The Bertz CT molecular complexity index is 863. The number of carbonyl (C=O) groups is 2. The van der Waals surface area contributed by atoms with Crippen LogP contribution in [0.2, 0.25) is 0 Å². The molecule has 0 atom stereocenters. The number of ether oxygens (including phenoxy) is 1. The molecule has 142 valence electrons. The number of carbonyl (C=O) groups excluding carboxylic acids is 2. The van der Waals surface area contributed by atoms with Gasteiger partial charge >= 0.3 is 6.18 Å². The van der Waals surface area contributed by atoms with Crippen molar-refractivity contribution in [3.8, 4) is 5.75 Å². The lowest BCUT2D eigenvalue weighted by molar-refractivity contribution is -0.137. The maximum atomic E-state index is 12.6. The Morgan fingerprint density at radius 1 is 1.19 bits per heavy atom. The van der Waals surface area contributed by atoms with Gasteiger partial charge in [-0.3, -0.25) is 9.59 Å². The highest BCUT2D eigenvalue weighted by molar-refractivity contribution is 5.99. The summed E-state index contributed by atoms with van der Waals surface area (Å²) in [6.45, 7) is 1.93. The van der Waals surface area contributed by atoms with Crippen LogP contribution in [0.5, 0.6) is 5.75 Å². The van der Waals surface area contributed by atoms with Gasteiger partial charge in [0.1, 0.15) is 5.75 Å². The van der Waals surface area contributed by atoms with Gasteiger partial charge in [-0.15, -0.1) is 0 Å². The van der Waals surface area contributed by atoms with E-state index in [0.29, 0.717) is 11.4 Å². The molecule has 1 aliphatic heterocycles. The number of amides is 2. The lowest BCUT2D eigenvalue weighted by atomic mass is 10.1. The molecule has 1 N–H and O–H groups in total. The molecule has 1 aliphatic rings. The minimum atomic E-state index is -4.43. The number of hydrogen-bond acceptors (Lipinski definition) is 3. The SMILES string of the molecule is Cc1ccc2c(c1)N(CCC(=O)Nc1ccc(C(F)(F)F)cc1)C(=O)CO2. The zero-order chi connectivity index (χ0) is 19.6. The molecule has 2 aromatic carbocycles. The van der Waals surface area contributed by atoms with Crippen LogP contribution in [0.4, 0.5) is 24.5 Å². The minimum absolute atomic E-state index is 0.000143. The van der Waals surface area contributed by atoms with Gasteiger partial charge in [-0.25, -0.2) is 0 Å². The molecule has 0 unspecified atom stereocenters. The number of alkyl halides is 3. The summed E-state index contributed by atoms with van der Waals surface area (Å²) in [4.78, 5) is 25.7. The summed E-state index contributed by atoms with van der Waals surface area (Å²) in [5.41, 5.74) is 1.03. The number of rotatable bonds is 4. The van der Waals surface area contributed by atoms with Crippen LogP contribution in [0.25, 0.3) is 0 Å². The fourth-order valence-corrected chi connectivity index (χ4v) is 2.74. The van der Waals surface area contributed by atoms with Crippen LogP contribution >= 0.6 is 0 Å². The van der Waals surface area contributed by atoms with Crippen LogP contribution in [-0.2, 0) is 15.8 Å². The summed E-state index contributed by atoms with van der Waals surface area (Å²) < 4.78 is 43.1. The number of aryl methyl sites for hydroxylation is 1. The molecule has 5 nitrogen and oxygen atoms in total. The van der Waals surface area contributed by atoms with Crippen molar-refractivity contribution >= 4 is 23.2 Å². The van der Waals surface area contributed by atoms with E-state index in [1.54, 1.807) is 12.1 Å². The molecule has 0 fully saturated rings. The Labute approximate surface area is 153 Å². The standard InChI is InChI=1S/C19H17F3N2O3/c1-12-2-7-16-15(10-12)24(18(26)11-27-16)9-8-17(25)23-14-5-3-13(4-6-14)19(20,21)22/h2-7,10H,8-9,11H2,1H3,(H,23,25). The molecule has 1 heterocycles. The minimum Gasteiger partial charge on any atom is -0.482 e. The van der Waals surface area contributed by atoms with Crippen LogP contribution in [0.3, 0.4) is 0 Å². The lowest BCUT2D eigenvalue weighted by Gasteiger charge is -2.29. The number of halogens is 3. The fraction of sp³-hybridized carbons (Fsp3) is 0.263. The monoisotopic (exact) mass is 378 g/mol. The van der Waals surface area contributed by atoms with Gasteiger partial charge in [-0.2, -0.15) is 13.2 Å². The van der Waals surface area contributed by atoms with E-state index in [-0.39, 0.29) is 31.2 Å². The molecule has 0 saturated carbocycles. The maximum absolute atomic E-state index is 12.6. The van der Waals surface area contributed by atoms with E-state index in [9.17, 15) is 22.8 Å². The topological polar surface area (TPSA) is 58.6 Å². The molecule has 8 heteroatoms. The average molecular weight is 378 g/mol. The van der Waals surface area contributed by atoms with E-state index in [1.807, 2.05) is 13.0 Å². The van der Waals surface area contributed by atoms with Gasteiger partial charge in [0.2, 0.25) is 5.91 Å². The summed E-state index contributed by atoms with van der Waals surface area (Å²) in [5.74, 6) is -0.0815.